The number of ketones is 1. The molecule has 0 aliphatic rings. The smallest absolute Gasteiger partial charge is 0.343 e. The van der Waals surface area contributed by atoms with Crippen LogP contribution in [0.1, 0.15) is 26.3 Å². The van der Waals surface area contributed by atoms with Crippen LogP contribution >= 0.6 is 11.6 Å². The Morgan fingerprint density at radius 3 is 2.47 bits per heavy atom. The molecule has 0 spiro atoms. The molecule has 0 radical (unpaired) electrons. The predicted molar refractivity (Wildman–Crippen MR) is 109 cm³/mol. The van der Waals surface area contributed by atoms with Crippen LogP contribution in [0.4, 0.5) is 10.1 Å². The number of benzene rings is 3. The van der Waals surface area contributed by atoms with Gasteiger partial charge >= 0.3 is 5.97 Å². The van der Waals surface area contributed by atoms with Gasteiger partial charge in [-0.25, -0.2) is 9.18 Å². The zero-order valence-electron chi connectivity index (χ0n) is 15.2. The fraction of sp³-hybridized carbons (Fsp3) is 0. The Bertz CT molecular complexity index is 1160. The molecule has 0 aliphatic carbocycles. The summed E-state index contributed by atoms with van der Waals surface area (Å²) in [5, 5.41) is 11.4. The summed E-state index contributed by atoms with van der Waals surface area (Å²) in [4.78, 5) is 35.2. The number of rotatable bonds is 6. The summed E-state index contributed by atoms with van der Waals surface area (Å²) in [5.41, 5.74) is 0.160. The van der Waals surface area contributed by atoms with Crippen molar-refractivity contribution in [1.29, 1.82) is 0 Å². The van der Waals surface area contributed by atoms with Crippen molar-refractivity contribution in [2.75, 3.05) is 0 Å². The largest absolute Gasteiger partial charge is 0.422 e. The minimum atomic E-state index is -0.916. The van der Waals surface area contributed by atoms with Crippen LogP contribution < -0.4 is 4.74 Å². The third kappa shape index (κ3) is 5.15. The highest BCUT2D eigenvalue weighted by Crippen LogP contribution is 2.23. The Balaban J connectivity index is 1.85. The van der Waals surface area contributed by atoms with Gasteiger partial charge in [-0.05, 0) is 48.0 Å². The lowest BCUT2D eigenvalue weighted by molar-refractivity contribution is -0.384. The molecule has 3 aromatic carbocycles. The van der Waals surface area contributed by atoms with Crippen molar-refractivity contribution in [3.63, 3.8) is 0 Å². The van der Waals surface area contributed by atoms with Crippen molar-refractivity contribution in [2.24, 2.45) is 0 Å². The van der Waals surface area contributed by atoms with Crippen LogP contribution in [0.3, 0.4) is 0 Å². The van der Waals surface area contributed by atoms with Crippen LogP contribution in [0.5, 0.6) is 5.75 Å². The number of esters is 1. The highest BCUT2D eigenvalue weighted by atomic mass is 35.5. The van der Waals surface area contributed by atoms with E-state index in [1.165, 1.54) is 30.4 Å². The van der Waals surface area contributed by atoms with E-state index in [9.17, 15) is 24.1 Å². The van der Waals surface area contributed by atoms with Crippen molar-refractivity contribution in [2.45, 2.75) is 0 Å². The summed E-state index contributed by atoms with van der Waals surface area (Å²) in [6.45, 7) is 0. The topological polar surface area (TPSA) is 86.5 Å². The lowest BCUT2D eigenvalue weighted by atomic mass is 10.1. The molecule has 0 bridgehead atoms. The molecule has 0 fully saturated rings. The Labute approximate surface area is 175 Å². The van der Waals surface area contributed by atoms with E-state index in [1.54, 1.807) is 24.3 Å². The monoisotopic (exact) mass is 425 g/mol. The van der Waals surface area contributed by atoms with Gasteiger partial charge in [-0.2, -0.15) is 0 Å². The fourth-order valence-corrected chi connectivity index (χ4v) is 2.65. The molecule has 0 aliphatic heterocycles. The number of carbonyl (C=O) groups is 2. The Morgan fingerprint density at radius 1 is 1.03 bits per heavy atom. The third-order valence-corrected chi connectivity index (χ3v) is 4.25. The maximum absolute atomic E-state index is 13.7. The average Bonchev–Trinajstić information content (AvgIpc) is 2.74. The normalized spacial score (nSPS) is 10.7. The standard InChI is InChI=1S/C22H13ClFNO5/c23-16-7-4-14(5-8-16)6-10-20(26)19-13-17(24)9-11-21(19)30-22(27)15-2-1-3-18(12-15)25(28)29/h1-13H. The Hall–Kier alpha value is -3.84. The van der Waals surface area contributed by atoms with Crippen molar-refractivity contribution < 1.29 is 23.6 Å². The van der Waals surface area contributed by atoms with E-state index in [0.717, 1.165) is 24.3 Å². The number of allylic oxidation sites excluding steroid dienone is 1. The molecule has 0 saturated heterocycles. The lowest BCUT2D eigenvalue weighted by Crippen LogP contribution is -2.11. The lowest BCUT2D eigenvalue weighted by Gasteiger charge is -2.08. The van der Waals surface area contributed by atoms with E-state index in [1.807, 2.05) is 0 Å². The molecule has 30 heavy (non-hydrogen) atoms. The molecule has 0 heterocycles. The second-order valence-electron chi connectivity index (χ2n) is 6.09. The van der Waals surface area contributed by atoms with Crippen molar-refractivity contribution in [3.05, 3.63) is 110 Å². The van der Waals surface area contributed by atoms with Crippen LogP contribution in [0, 0.1) is 15.9 Å². The SMILES string of the molecule is O=C(Oc1ccc(F)cc1C(=O)C=Cc1ccc(Cl)cc1)c1cccc([N+](=O)[O-])c1. The van der Waals surface area contributed by atoms with Gasteiger partial charge in [0.15, 0.2) is 5.78 Å². The first-order valence-corrected chi connectivity index (χ1v) is 8.95. The maximum Gasteiger partial charge on any atom is 0.343 e. The molecule has 0 aromatic heterocycles. The molecule has 8 heteroatoms. The van der Waals surface area contributed by atoms with Crippen LogP contribution in [0.15, 0.2) is 72.8 Å². The van der Waals surface area contributed by atoms with E-state index in [2.05, 4.69) is 0 Å². The summed E-state index contributed by atoms with van der Waals surface area (Å²) in [7, 11) is 0. The van der Waals surface area contributed by atoms with E-state index < -0.39 is 22.5 Å². The summed E-state index contributed by atoms with van der Waals surface area (Å²) < 4.78 is 18.9. The number of nitro groups is 1. The summed E-state index contributed by atoms with van der Waals surface area (Å²) in [6, 6.07) is 14.8. The highest BCUT2D eigenvalue weighted by Gasteiger charge is 2.18. The summed E-state index contributed by atoms with van der Waals surface area (Å²) in [6.07, 6.45) is 2.72. The third-order valence-electron chi connectivity index (χ3n) is 4.00. The second kappa shape index (κ2) is 9.11. The first-order valence-electron chi connectivity index (χ1n) is 8.57. The van der Waals surface area contributed by atoms with E-state index in [0.29, 0.717) is 10.6 Å². The predicted octanol–water partition coefficient (Wildman–Crippen LogP) is 5.50. The highest BCUT2D eigenvalue weighted by molar-refractivity contribution is 6.30. The second-order valence-corrected chi connectivity index (χ2v) is 6.52. The molecular formula is C22H13ClFNO5. The van der Waals surface area contributed by atoms with Gasteiger partial charge in [0, 0.05) is 17.2 Å². The van der Waals surface area contributed by atoms with Crippen molar-refractivity contribution in [1.82, 2.24) is 0 Å². The maximum atomic E-state index is 13.7. The fourth-order valence-electron chi connectivity index (χ4n) is 2.52. The van der Waals surface area contributed by atoms with Gasteiger partial charge in [0.2, 0.25) is 0 Å². The quantitative estimate of drug-likeness (QED) is 0.130. The molecule has 6 nitrogen and oxygen atoms in total. The molecule has 0 amide bonds. The van der Waals surface area contributed by atoms with E-state index >= 15 is 0 Å². The van der Waals surface area contributed by atoms with Crippen LogP contribution in [-0.2, 0) is 0 Å². The number of ether oxygens (including phenoxy) is 1. The van der Waals surface area contributed by atoms with Gasteiger partial charge < -0.3 is 4.74 Å². The number of hydrogen-bond acceptors (Lipinski definition) is 5. The van der Waals surface area contributed by atoms with Crippen LogP contribution in [-0.4, -0.2) is 16.7 Å². The summed E-state index contributed by atoms with van der Waals surface area (Å²) in [5.74, 6) is -2.36. The van der Waals surface area contributed by atoms with Crippen LogP contribution in [0.25, 0.3) is 6.08 Å². The molecule has 0 N–H and O–H groups in total. The molecule has 150 valence electrons. The minimum absolute atomic E-state index is 0.0800. The van der Waals surface area contributed by atoms with E-state index in [-0.39, 0.29) is 22.6 Å². The Kier molecular flexibility index (Phi) is 6.34. The molecule has 0 atom stereocenters. The first-order chi connectivity index (χ1) is 14.3. The number of hydrogen-bond donors (Lipinski definition) is 0. The molecule has 0 saturated carbocycles. The van der Waals surface area contributed by atoms with Crippen molar-refractivity contribution >= 4 is 35.1 Å². The number of nitrogens with zero attached hydrogens (tertiary/aromatic N) is 1. The molecule has 0 unspecified atom stereocenters. The van der Waals surface area contributed by atoms with E-state index in [4.69, 9.17) is 16.3 Å². The zero-order chi connectivity index (χ0) is 21.7. The van der Waals surface area contributed by atoms with Gasteiger partial charge in [0.05, 0.1) is 16.1 Å². The molecule has 3 rings (SSSR count). The minimum Gasteiger partial charge on any atom is -0.422 e. The van der Waals surface area contributed by atoms with Crippen LogP contribution in [0.2, 0.25) is 5.02 Å². The van der Waals surface area contributed by atoms with Gasteiger partial charge in [0.25, 0.3) is 5.69 Å². The number of nitro benzene ring substituents is 1. The number of carbonyl (C=O) groups excluding carboxylic acids is 2. The average molecular weight is 426 g/mol. The van der Waals surface area contributed by atoms with Gasteiger partial charge in [-0.3, -0.25) is 14.9 Å². The number of halogens is 2. The zero-order valence-corrected chi connectivity index (χ0v) is 16.0. The summed E-state index contributed by atoms with van der Waals surface area (Å²) >= 11 is 5.82. The molecular weight excluding hydrogens is 413 g/mol. The Morgan fingerprint density at radius 2 is 1.77 bits per heavy atom. The van der Waals surface area contributed by atoms with Gasteiger partial charge in [-0.1, -0.05) is 35.9 Å². The number of non-ortho nitro benzene ring substituents is 1. The first kappa shape index (κ1) is 20.9. The van der Waals surface area contributed by atoms with Gasteiger partial charge in [0.1, 0.15) is 11.6 Å². The molecule has 3 aromatic rings. The van der Waals surface area contributed by atoms with Gasteiger partial charge in [-0.15, -0.1) is 0 Å². The van der Waals surface area contributed by atoms with Crippen molar-refractivity contribution in [3.8, 4) is 5.75 Å².